The third kappa shape index (κ3) is 2.33. The maximum atomic E-state index is 6.02. The number of anilines is 1. The number of nitrogens with two attached hydrogens (primary N) is 1. The Morgan fingerprint density at radius 3 is 2.71 bits per heavy atom. The maximum Gasteiger partial charge on any atom is 0.129 e. The SMILES string of the molecule is CCC(C)(C)Oc1ccc(N)c2ccncc12. The lowest BCUT2D eigenvalue weighted by atomic mass is 10.1. The van der Waals surface area contributed by atoms with Crippen LogP contribution < -0.4 is 10.5 Å². The average molecular weight is 230 g/mol. The lowest BCUT2D eigenvalue weighted by Crippen LogP contribution is -2.26. The fraction of sp³-hybridized carbons (Fsp3) is 0.357. The number of rotatable bonds is 3. The molecule has 0 bridgehead atoms. The van der Waals surface area contributed by atoms with E-state index >= 15 is 0 Å². The number of nitrogens with zero attached hydrogens (tertiary/aromatic N) is 1. The Morgan fingerprint density at radius 2 is 2.00 bits per heavy atom. The molecule has 0 aliphatic heterocycles. The monoisotopic (exact) mass is 230 g/mol. The molecule has 0 atom stereocenters. The van der Waals surface area contributed by atoms with Crippen LogP contribution in [0.15, 0.2) is 30.6 Å². The topological polar surface area (TPSA) is 48.1 Å². The molecule has 2 N–H and O–H groups in total. The van der Waals surface area contributed by atoms with Gasteiger partial charge in [0.25, 0.3) is 0 Å². The Bertz CT molecular complexity index is 535. The van der Waals surface area contributed by atoms with Crippen LogP contribution in [0.3, 0.4) is 0 Å². The predicted octanol–water partition coefficient (Wildman–Crippen LogP) is 3.38. The van der Waals surface area contributed by atoms with Gasteiger partial charge in [0, 0.05) is 28.9 Å². The molecule has 0 aliphatic carbocycles. The molecule has 3 nitrogen and oxygen atoms in total. The van der Waals surface area contributed by atoms with Crippen molar-refractivity contribution >= 4 is 16.5 Å². The van der Waals surface area contributed by atoms with Crippen LogP contribution in [0.2, 0.25) is 0 Å². The van der Waals surface area contributed by atoms with Gasteiger partial charge in [0.1, 0.15) is 11.4 Å². The summed E-state index contributed by atoms with van der Waals surface area (Å²) in [6, 6.07) is 5.70. The lowest BCUT2D eigenvalue weighted by molar-refractivity contribution is 0.107. The number of nitrogen functional groups attached to an aromatic ring is 1. The summed E-state index contributed by atoms with van der Waals surface area (Å²) in [4.78, 5) is 4.13. The van der Waals surface area contributed by atoms with E-state index in [1.165, 1.54) is 0 Å². The number of benzene rings is 1. The van der Waals surface area contributed by atoms with Crippen LogP contribution in [-0.4, -0.2) is 10.6 Å². The maximum absolute atomic E-state index is 6.02. The van der Waals surface area contributed by atoms with Crippen LogP contribution >= 0.6 is 0 Å². The number of aromatic nitrogens is 1. The number of fused-ring (bicyclic) bond motifs is 1. The highest BCUT2D eigenvalue weighted by atomic mass is 16.5. The Morgan fingerprint density at radius 1 is 1.24 bits per heavy atom. The molecule has 0 spiro atoms. The van der Waals surface area contributed by atoms with Gasteiger partial charge in [-0.2, -0.15) is 0 Å². The first kappa shape index (κ1) is 11.7. The second-order valence-corrected chi connectivity index (χ2v) is 4.79. The molecular weight excluding hydrogens is 212 g/mol. The van der Waals surface area contributed by atoms with Gasteiger partial charge in [0.2, 0.25) is 0 Å². The lowest BCUT2D eigenvalue weighted by Gasteiger charge is -2.25. The van der Waals surface area contributed by atoms with Crippen molar-refractivity contribution < 1.29 is 4.74 Å². The van der Waals surface area contributed by atoms with Crippen LogP contribution in [0.25, 0.3) is 10.8 Å². The van der Waals surface area contributed by atoms with Crippen LogP contribution in [0.5, 0.6) is 5.75 Å². The summed E-state index contributed by atoms with van der Waals surface area (Å²) in [5, 5.41) is 1.96. The van der Waals surface area contributed by atoms with E-state index in [1.54, 1.807) is 12.4 Å². The molecule has 0 aliphatic rings. The predicted molar refractivity (Wildman–Crippen MR) is 71.2 cm³/mol. The summed E-state index contributed by atoms with van der Waals surface area (Å²) >= 11 is 0. The van der Waals surface area contributed by atoms with Gasteiger partial charge >= 0.3 is 0 Å². The van der Waals surface area contributed by atoms with Crippen molar-refractivity contribution in [2.45, 2.75) is 32.8 Å². The van der Waals surface area contributed by atoms with E-state index in [1.807, 2.05) is 18.2 Å². The third-order valence-electron chi connectivity index (χ3n) is 3.05. The fourth-order valence-corrected chi connectivity index (χ4v) is 1.65. The zero-order chi connectivity index (χ0) is 12.5. The van der Waals surface area contributed by atoms with Gasteiger partial charge in [-0.15, -0.1) is 0 Å². The standard InChI is InChI=1S/C14H18N2O/c1-4-14(2,3)17-13-6-5-12(15)10-7-8-16-9-11(10)13/h5-9H,4,15H2,1-3H3. The summed E-state index contributed by atoms with van der Waals surface area (Å²) in [6.07, 6.45) is 4.49. The molecule has 0 radical (unpaired) electrons. The van der Waals surface area contributed by atoms with Crippen molar-refractivity contribution in [3.63, 3.8) is 0 Å². The smallest absolute Gasteiger partial charge is 0.129 e. The van der Waals surface area contributed by atoms with Crippen molar-refractivity contribution in [1.29, 1.82) is 0 Å². The highest BCUT2D eigenvalue weighted by Gasteiger charge is 2.18. The van der Waals surface area contributed by atoms with Gasteiger partial charge in [-0.25, -0.2) is 0 Å². The highest BCUT2D eigenvalue weighted by Crippen LogP contribution is 2.32. The molecule has 2 rings (SSSR count). The Hall–Kier alpha value is -1.77. The molecule has 1 aromatic carbocycles. The quantitative estimate of drug-likeness (QED) is 0.822. The first-order valence-electron chi connectivity index (χ1n) is 5.85. The highest BCUT2D eigenvalue weighted by molar-refractivity contribution is 5.96. The van der Waals surface area contributed by atoms with Crippen LogP contribution in [0.1, 0.15) is 27.2 Å². The summed E-state index contributed by atoms with van der Waals surface area (Å²) in [5.41, 5.74) is 6.51. The summed E-state index contributed by atoms with van der Waals surface area (Å²) in [7, 11) is 0. The first-order valence-corrected chi connectivity index (χ1v) is 5.85. The van der Waals surface area contributed by atoms with Gasteiger partial charge < -0.3 is 10.5 Å². The normalized spacial score (nSPS) is 11.7. The van der Waals surface area contributed by atoms with Gasteiger partial charge in [0.05, 0.1) is 0 Å². The number of hydrogen-bond acceptors (Lipinski definition) is 3. The van der Waals surface area contributed by atoms with Crippen LogP contribution in [0.4, 0.5) is 5.69 Å². The number of ether oxygens (including phenoxy) is 1. The van der Waals surface area contributed by atoms with Crippen molar-refractivity contribution in [2.24, 2.45) is 0 Å². The molecule has 0 saturated heterocycles. The van der Waals surface area contributed by atoms with E-state index in [2.05, 4.69) is 25.8 Å². The number of hydrogen-bond donors (Lipinski definition) is 1. The minimum Gasteiger partial charge on any atom is -0.487 e. The van der Waals surface area contributed by atoms with E-state index < -0.39 is 0 Å². The number of pyridine rings is 1. The minimum atomic E-state index is -0.182. The molecule has 0 fully saturated rings. The summed E-state index contributed by atoms with van der Waals surface area (Å²) < 4.78 is 6.02. The zero-order valence-electron chi connectivity index (χ0n) is 10.5. The third-order valence-corrected chi connectivity index (χ3v) is 3.05. The second-order valence-electron chi connectivity index (χ2n) is 4.79. The molecule has 0 saturated carbocycles. The zero-order valence-corrected chi connectivity index (χ0v) is 10.5. The van der Waals surface area contributed by atoms with Gasteiger partial charge in [-0.3, -0.25) is 4.98 Å². The van der Waals surface area contributed by atoms with E-state index in [4.69, 9.17) is 10.5 Å². The molecule has 0 unspecified atom stereocenters. The molecule has 3 heteroatoms. The van der Waals surface area contributed by atoms with Crippen molar-refractivity contribution in [3.8, 4) is 5.75 Å². The molecule has 17 heavy (non-hydrogen) atoms. The van der Waals surface area contributed by atoms with E-state index in [9.17, 15) is 0 Å². The van der Waals surface area contributed by atoms with Crippen molar-refractivity contribution in [2.75, 3.05) is 5.73 Å². The average Bonchev–Trinajstić information content (AvgIpc) is 2.33. The van der Waals surface area contributed by atoms with Gasteiger partial charge in [-0.05, 0) is 38.5 Å². The fourth-order valence-electron chi connectivity index (χ4n) is 1.65. The van der Waals surface area contributed by atoms with Crippen molar-refractivity contribution in [3.05, 3.63) is 30.6 Å². The molecule has 2 aromatic rings. The molecule has 1 aromatic heterocycles. The molecule has 0 amide bonds. The van der Waals surface area contributed by atoms with E-state index in [-0.39, 0.29) is 5.60 Å². The molecule has 1 heterocycles. The summed E-state index contributed by atoms with van der Waals surface area (Å²) in [5.74, 6) is 0.842. The van der Waals surface area contributed by atoms with Crippen LogP contribution in [0, 0.1) is 0 Å². The Labute approximate surface area is 102 Å². The summed E-state index contributed by atoms with van der Waals surface area (Å²) in [6.45, 7) is 6.26. The van der Waals surface area contributed by atoms with Gasteiger partial charge in [-0.1, -0.05) is 6.92 Å². The van der Waals surface area contributed by atoms with E-state index in [0.29, 0.717) is 0 Å². The molecule has 90 valence electrons. The minimum absolute atomic E-state index is 0.182. The van der Waals surface area contributed by atoms with Gasteiger partial charge in [0.15, 0.2) is 0 Å². The van der Waals surface area contributed by atoms with Crippen molar-refractivity contribution in [1.82, 2.24) is 4.98 Å². The largest absolute Gasteiger partial charge is 0.487 e. The Kier molecular flexibility index (Phi) is 2.92. The molecular formula is C14H18N2O. The Balaban J connectivity index is 2.52. The second kappa shape index (κ2) is 4.24. The first-order chi connectivity index (χ1) is 8.03. The van der Waals surface area contributed by atoms with Crippen LogP contribution in [-0.2, 0) is 0 Å². The van der Waals surface area contributed by atoms with E-state index in [0.717, 1.165) is 28.6 Å².